The summed E-state index contributed by atoms with van der Waals surface area (Å²) in [7, 11) is 5.36. The predicted octanol–water partition coefficient (Wildman–Crippen LogP) is 3.82. The lowest BCUT2D eigenvalue weighted by atomic mass is 9.92. The third-order valence-electron chi connectivity index (χ3n) is 8.32. The first kappa shape index (κ1) is 34.8. The average molecular weight is 594 g/mol. The van der Waals surface area contributed by atoms with Gasteiger partial charge in [-0.2, -0.15) is 0 Å². The number of likely N-dealkylation sites (tertiary alicyclic amines) is 1. The molecule has 1 aromatic heterocycles. The molecule has 1 aromatic rings. The summed E-state index contributed by atoms with van der Waals surface area (Å²) in [6.07, 6.45) is 5.77. The number of aldehydes is 1. The molecule has 0 spiro atoms. The molecule has 2 rings (SSSR count). The molecular formula is C30H51N5O5S. The number of thiazole rings is 1. The molecule has 1 fully saturated rings. The maximum atomic E-state index is 13.9. The van der Waals surface area contributed by atoms with E-state index in [0.29, 0.717) is 17.8 Å². The van der Waals surface area contributed by atoms with Crippen LogP contribution >= 0.6 is 11.3 Å². The van der Waals surface area contributed by atoms with E-state index in [1.165, 1.54) is 11.3 Å². The monoisotopic (exact) mass is 593 g/mol. The van der Waals surface area contributed by atoms with Crippen LogP contribution in [-0.2, 0) is 19.1 Å². The molecule has 11 heteroatoms. The van der Waals surface area contributed by atoms with E-state index in [9.17, 15) is 19.2 Å². The molecular weight excluding hydrogens is 542 g/mol. The van der Waals surface area contributed by atoms with Gasteiger partial charge < -0.3 is 25.1 Å². The zero-order valence-electron chi connectivity index (χ0n) is 26.1. The van der Waals surface area contributed by atoms with Crippen LogP contribution in [-0.4, -0.2) is 90.7 Å². The zero-order chi connectivity index (χ0) is 30.7. The Morgan fingerprint density at radius 1 is 1.22 bits per heavy atom. The standard InChI is InChI=1S/C30H51N5O5S/c1-9-13-21(17-36)31-27(37)22-18-41-29(32-22)25(40-8)16-24(19(3)4)35(7)30(39)26(20(5)10-2)33-28(38)23-14-11-12-15-34(23)6/h17-21,23-26H,9-16H2,1-8H3,(H,31,37)(H,33,38)/t20-,21-,23+,24+,25+,26-/m0/s1. The van der Waals surface area contributed by atoms with Gasteiger partial charge in [-0.1, -0.05) is 53.9 Å². The number of carbonyl (C=O) groups is 4. The third-order valence-corrected chi connectivity index (χ3v) is 9.25. The van der Waals surface area contributed by atoms with Crippen molar-refractivity contribution in [2.45, 2.75) is 110 Å². The van der Waals surface area contributed by atoms with Crippen molar-refractivity contribution in [1.82, 2.24) is 25.4 Å². The molecule has 0 aliphatic carbocycles. The SMILES string of the molecule is CCC[C@@H](C=O)NC(=O)c1csc([C@@H](C[C@H](C(C)C)N(C)C(=O)[C@@H](NC(=O)[C@H]2CCCCN2C)[C@@H](C)CC)OC)n1. The fraction of sp³-hybridized carbons (Fsp3) is 0.767. The fourth-order valence-corrected chi connectivity index (χ4v) is 6.27. The van der Waals surface area contributed by atoms with Gasteiger partial charge in [-0.3, -0.25) is 19.3 Å². The first-order valence-corrected chi connectivity index (χ1v) is 15.9. The second-order valence-electron chi connectivity index (χ2n) is 11.7. The van der Waals surface area contributed by atoms with E-state index in [-0.39, 0.29) is 41.4 Å². The molecule has 1 aliphatic heterocycles. The molecule has 41 heavy (non-hydrogen) atoms. The van der Waals surface area contributed by atoms with Gasteiger partial charge in [0.25, 0.3) is 5.91 Å². The van der Waals surface area contributed by atoms with Gasteiger partial charge >= 0.3 is 0 Å². The number of ether oxygens (including phenoxy) is 1. The van der Waals surface area contributed by atoms with Gasteiger partial charge in [0.05, 0.1) is 12.1 Å². The van der Waals surface area contributed by atoms with Crippen molar-refractivity contribution in [2.75, 3.05) is 27.7 Å². The average Bonchev–Trinajstić information content (AvgIpc) is 3.45. The summed E-state index contributed by atoms with van der Waals surface area (Å²) >= 11 is 1.32. The van der Waals surface area contributed by atoms with Crippen LogP contribution in [0, 0.1) is 11.8 Å². The Kier molecular flexibility index (Phi) is 14.4. The number of methoxy groups -OCH3 is 1. The summed E-state index contributed by atoms with van der Waals surface area (Å²) in [6.45, 7) is 11.0. The van der Waals surface area contributed by atoms with Crippen molar-refractivity contribution in [2.24, 2.45) is 11.8 Å². The lowest BCUT2D eigenvalue weighted by molar-refractivity contribution is -0.141. The molecule has 3 amide bonds. The highest BCUT2D eigenvalue weighted by Crippen LogP contribution is 2.30. The highest BCUT2D eigenvalue weighted by Gasteiger charge is 2.36. The van der Waals surface area contributed by atoms with Gasteiger partial charge in [-0.25, -0.2) is 4.98 Å². The van der Waals surface area contributed by atoms with E-state index in [4.69, 9.17) is 4.74 Å². The minimum atomic E-state index is -0.626. The summed E-state index contributed by atoms with van der Waals surface area (Å²) in [5.41, 5.74) is 0.243. The minimum Gasteiger partial charge on any atom is -0.374 e. The van der Waals surface area contributed by atoms with Crippen molar-refractivity contribution in [1.29, 1.82) is 0 Å². The van der Waals surface area contributed by atoms with E-state index < -0.39 is 24.1 Å². The molecule has 2 N–H and O–H groups in total. The van der Waals surface area contributed by atoms with Crippen LogP contribution in [0.2, 0.25) is 0 Å². The van der Waals surface area contributed by atoms with Crippen LogP contribution in [0.5, 0.6) is 0 Å². The number of aromatic nitrogens is 1. The highest BCUT2D eigenvalue weighted by molar-refractivity contribution is 7.09. The lowest BCUT2D eigenvalue weighted by Gasteiger charge is -2.38. The first-order valence-electron chi connectivity index (χ1n) is 15.0. The predicted molar refractivity (Wildman–Crippen MR) is 162 cm³/mol. The van der Waals surface area contributed by atoms with Crippen molar-refractivity contribution in [3.05, 3.63) is 16.1 Å². The smallest absolute Gasteiger partial charge is 0.271 e. The van der Waals surface area contributed by atoms with E-state index in [0.717, 1.165) is 44.9 Å². The van der Waals surface area contributed by atoms with Crippen LogP contribution < -0.4 is 10.6 Å². The molecule has 0 aromatic carbocycles. The van der Waals surface area contributed by atoms with E-state index in [2.05, 4.69) is 34.4 Å². The third kappa shape index (κ3) is 9.58. The van der Waals surface area contributed by atoms with Gasteiger partial charge in [0, 0.05) is 32.0 Å². The summed E-state index contributed by atoms with van der Waals surface area (Å²) < 4.78 is 5.81. The lowest BCUT2D eigenvalue weighted by Crippen LogP contribution is -2.58. The Balaban J connectivity index is 2.19. The van der Waals surface area contributed by atoms with Gasteiger partial charge in [0.15, 0.2) is 0 Å². The number of likely N-dealkylation sites (N-methyl/N-ethyl adjacent to an activating group) is 2. The topological polar surface area (TPSA) is 121 Å². The van der Waals surface area contributed by atoms with Crippen molar-refractivity contribution in [3.63, 3.8) is 0 Å². The number of hydrogen-bond acceptors (Lipinski definition) is 8. The van der Waals surface area contributed by atoms with Crippen LogP contribution in [0.1, 0.15) is 101 Å². The highest BCUT2D eigenvalue weighted by atomic mass is 32.1. The molecule has 6 atom stereocenters. The fourth-order valence-electron chi connectivity index (χ4n) is 5.38. The number of carbonyl (C=O) groups excluding carboxylic acids is 4. The molecule has 1 aliphatic rings. The Bertz CT molecular complexity index is 1000. The van der Waals surface area contributed by atoms with Crippen LogP contribution in [0.3, 0.4) is 0 Å². The number of amides is 3. The molecule has 0 radical (unpaired) electrons. The van der Waals surface area contributed by atoms with E-state index in [1.807, 2.05) is 27.8 Å². The number of nitrogens with zero attached hydrogens (tertiary/aromatic N) is 3. The van der Waals surface area contributed by atoms with E-state index >= 15 is 0 Å². The summed E-state index contributed by atoms with van der Waals surface area (Å²) in [4.78, 5) is 59.5. The minimum absolute atomic E-state index is 0.0308. The molecule has 1 saturated heterocycles. The number of hydrogen-bond donors (Lipinski definition) is 2. The van der Waals surface area contributed by atoms with Gasteiger partial charge in [0.2, 0.25) is 11.8 Å². The molecule has 0 unspecified atom stereocenters. The summed E-state index contributed by atoms with van der Waals surface area (Å²) in [5, 5.41) is 8.13. The van der Waals surface area contributed by atoms with Crippen molar-refractivity contribution >= 4 is 35.3 Å². The molecule has 10 nitrogen and oxygen atoms in total. The molecule has 232 valence electrons. The maximum absolute atomic E-state index is 13.9. The van der Waals surface area contributed by atoms with Gasteiger partial charge in [-0.05, 0) is 44.7 Å². The van der Waals surface area contributed by atoms with Crippen LogP contribution in [0.25, 0.3) is 0 Å². The molecule has 0 saturated carbocycles. The van der Waals surface area contributed by atoms with Gasteiger partial charge in [0.1, 0.15) is 29.1 Å². The maximum Gasteiger partial charge on any atom is 0.271 e. The Hall–Kier alpha value is -2.37. The largest absolute Gasteiger partial charge is 0.374 e. The molecule has 0 bridgehead atoms. The Morgan fingerprint density at radius 3 is 2.49 bits per heavy atom. The quantitative estimate of drug-likeness (QED) is 0.280. The Labute approximate surface area is 250 Å². The Morgan fingerprint density at radius 2 is 1.93 bits per heavy atom. The van der Waals surface area contributed by atoms with Crippen molar-refractivity contribution < 1.29 is 23.9 Å². The van der Waals surface area contributed by atoms with Crippen LogP contribution in [0.4, 0.5) is 0 Å². The number of nitrogens with one attached hydrogen (secondary N) is 2. The van der Waals surface area contributed by atoms with Crippen LogP contribution in [0.15, 0.2) is 5.38 Å². The summed E-state index contributed by atoms with van der Waals surface area (Å²) in [6, 6.07) is -1.58. The number of piperidine rings is 1. The summed E-state index contributed by atoms with van der Waals surface area (Å²) in [5.74, 6) is -0.521. The molecule has 2 heterocycles. The van der Waals surface area contributed by atoms with E-state index in [1.54, 1.807) is 24.4 Å². The second-order valence-corrected chi connectivity index (χ2v) is 12.5. The van der Waals surface area contributed by atoms with Gasteiger partial charge in [-0.15, -0.1) is 11.3 Å². The number of rotatable bonds is 16. The second kappa shape index (κ2) is 16.9. The van der Waals surface area contributed by atoms with Crippen molar-refractivity contribution in [3.8, 4) is 0 Å². The first-order chi connectivity index (χ1) is 19.5. The zero-order valence-corrected chi connectivity index (χ0v) is 27.0. The normalized spacial score (nSPS) is 19.6.